The second-order valence-electron chi connectivity index (χ2n) is 4.24. The molecule has 104 valence electrons. The van der Waals surface area contributed by atoms with Crippen LogP contribution in [0.5, 0.6) is 5.75 Å². The molecule has 2 nitrogen and oxygen atoms in total. The second-order valence-corrected chi connectivity index (χ2v) is 7.13. The highest BCUT2D eigenvalue weighted by Gasteiger charge is 2.27. The number of hydrogen-bond donors (Lipinski definition) is 1. The lowest BCUT2D eigenvalue weighted by Gasteiger charge is -2.17. The van der Waals surface area contributed by atoms with Crippen LogP contribution < -0.4 is 0 Å². The maximum Gasteiger partial charge on any atom is 0.181 e. The first-order valence-corrected chi connectivity index (χ1v) is 8.49. The Morgan fingerprint density at radius 1 is 1.00 bits per heavy atom. The van der Waals surface area contributed by atoms with Gasteiger partial charge in [0.05, 0.1) is 15.2 Å². The van der Waals surface area contributed by atoms with Gasteiger partial charge in [-0.15, -0.1) is 0 Å². The molecule has 0 spiro atoms. The Balaban J connectivity index is 2.22. The van der Waals surface area contributed by atoms with Gasteiger partial charge >= 0.3 is 0 Å². The number of halogens is 3. The molecule has 0 fully saturated rings. The van der Waals surface area contributed by atoms with Gasteiger partial charge in [0.15, 0.2) is 5.78 Å². The van der Waals surface area contributed by atoms with E-state index in [1.165, 1.54) is 6.07 Å². The van der Waals surface area contributed by atoms with E-state index in [1.54, 1.807) is 18.2 Å². The van der Waals surface area contributed by atoms with Crippen molar-refractivity contribution in [3.05, 3.63) is 64.1 Å². The van der Waals surface area contributed by atoms with Crippen molar-refractivity contribution >= 4 is 53.6 Å². The van der Waals surface area contributed by atoms with Crippen LogP contribution in [-0.2, 0) is 0 Å². The zero-order valence-corrected chi connectivity index (χ0v) is 15.0. The van der Waals surface area contributed by atoms with Crippen LogP contribution in [0.2, 0.25) is 0 Å². The fraction of sp³-hybridized carbons (Fsp3) is 0.133. The maximum absolute atomic E-state index is 12.4. The van der Waals surface area contributed by atoms with E-state index >= 15 is 0 Å². The van der Waals surface area contributed by atoms with E-state index in [-0.39, 0.29) is 16.4 Å². The average molecular weight is 463 g/mol. The SMILES string of the molecule is O=C(c1ccccc1O)[C@H](Br)[C@@H](Br)c1ccc(Br)cc1. The van der Waals surface area contributed by atoms with Crippen LogP contribution in [0.1, 0.15) is 20.7 Å². The Hall–Kier alpha value is -0.650. The van der Waals surface area contributed by atoms with Gasteiger partial charge in [0.25, 0.3) is 0 Å². The van der Waals surface area contributed by atoms with Gasteiger partial charge in [0.2, 0.25) is 0 Å². The molecule has 0 saturated heterocycles. The highest BCUT2D eigenvalue weighted by molar-refractivity contribution is 9.12. The van der Waals surface area contributed by atoms with Crippen LogP contribution in [0.4, 0.5) is 0 Å². The van der Waals surface area contributed by atoms with Crippen LogP contribution in [0.25, 0.3) is 0 Å². The number of carbonyl (C=O) groups excluding carboxylic acids is 1. The Bertz CT molecular complexity index is 611. The van der Waals surface area contributed by atoms with E-state index in [4.69, 9.17) is 0 Å². The van der Waals surface area contributed by atoms with Gasteiger partial charge in [-0.1, -0.05) is 72.1 Å². The smallest absolute Gasteiger partial charge is 0.181 e. The third-order valence-corrected chi connectivity index (χ3v) is 6.11. The highest BCUT2D eigenvalue weighted by Crippen LogP contribution is 2.35. The molecule has 1 N–H and O–H groups in total. The predicted molar refractivity (Wildman–Crippen MR) is 91.0 cm³/mol. The normalized spacial score (nSPS) is 13.8. The fourth-order valence-electron chi connectivity index (χ4n) is 1.78. The van der Waals surface area contributed by atoms with E-state index in [9.17, 15) is 9.90 Å². The van der Waals surface area contributed by atoms with Gasteiger partial charge in [0.1, 0.15) is 5.75 Å². The number of ketones is 1. The zero-order valence-electron chi connectivity index (χ0n) is 10.3. The van der Waals surface area contributed by atoms with Gasteiger partial charge in [-0.25, -0.2) is 0 Å². The largest absolute Gasteiger partial charge is 0.507 e. The monoisotopic (exact) mass is 460 g/mol. The third kappa shape index (κ3) is 3.51. The Morgan fingerprint density at radius 2 is 1.60 bits per heavy atom. The molecular formula is C15H11Br3O2. The number of phenolic OH excluding ortho intramolecular Hbond substituents is 1. The summed E-state index contributed by atoms with van der Waals surface area (Å²) >= 11 is 10.3. The summed E-state index contributed by atoms with van der Waals surface area (Å²) in [6.07, 6.45) is 0. The van der Waals surface area contributed by atoms with Crippen molar-refractivity contribution in [1.82, 2.24) is 0 Å². The van der Waals surface area contributed by atoms with Gasteiger partial charge in [-0.3, -0.25) is 4.79 Å². The number of aromatic hydroxyl groups is 1. The van der Waals surface area contributed by atoms with Crippen molar-refractivity contribution in [3.8, 4) is 5.75 Å². The van der Waals surface area contributed by atoms with Crippen molar-refractivity contribution in [1.29, 1.82) is 0 Å². The molecule has 2 aromatic rings. The third-order valence-electron chi connectivity index (χ3n) is 2.87. The molecule has 2 aromatic carbocycles. The van der Waals surface area contributed by atoms with E-state index in [1.807, 2.05) is 24.3 Å². The number of Topliss-reactive ketones (excluding diaryl/α,β-unsaturated/α-hetero) is 1. The van der Waals surface area contributed by atoms with E-state index in [0.29, 0.717) is 5.56 Å². The number of phenols is 1. The first kappa shape index (κ1) is 15.7. The molecule has 0 aliphatic heterocycles. The summed E-state index contributed by atoms with van der Waals surface area (Å²) < 4.78 is 0.985. The Labute approximate surface area is 142 Å². The summed E-state index contributed by atoms with van der Waals surface area (Å²) in [4.78, 5) is 11.8. The van der Waals surface area contributed by atoms with Gasteiger partial charge in [-0.2, -0.15) is 0 Å². The van der Waals surface area contributed by atoms with Gasteiger partial charge < -0.3 is 5.11 Å². The van der Waals surface area contributed by atoms with Crippen molar-refractivity contribution in [3.63, 3.8) is 0 Å². The fourth-order valence-corrected chi connectivity index (χ4v) is 3.14. The number of para-hydroxylation sites is 1. The first-order chi connectivity index (χ1) is 9.50. The Morgan fingerprint density at radius 3 is 2.20 bits per heavy atom. The van der Waals surface area contributed by atoms with Gasteiger partial charge in [0, 0.05) is 4.47 Å². The number of rotatable bonds is 4. The minimum absolute atomic E-state index is 0.00236. The summed E-state index contributed by atoms with van der Waals surface area (Å²) in [5, 5.41) is 9.76. The lowest BCUT2D eigenvalue weighted by atomic mass is 10.0. The minimum Gasteiger partial charge on any atom is -0.507 e. The summed E-state index contributed by atoms with van der Waals surface area (Å²) in [5.41, 5.74) is 1.30. The molecule has 5 heteroatoms. The number of benzene rings is 2. The molecule has 0 heterocycles. The Kier molecular flexibility index (Phi) is 5.41. The standard InChI is InChI=1S/C15H11Br3O2/c16-10-7-5-9(6-8-10)13(17)14(18)15(20)11-3-1-2-4-12(11)19/h1-8,13-14,19H/t13-,14+/m0/s1. The van der Waals surface area contributed by atoms with Crippen LogP contribution in [0.15, 0.2) is 53.0 Å². The summed E-state index contributed by atoms with van der Waals surface area (Å²) in [5.74, 6) is -0.162. The topological polar surface area (TPSA) is 37.3 Å². The lowest BCUT2D eigenvalue weighted by Crippen LogP contribution is -2.19. The van der Waals surface area contributed by atoms with Crippen LogP contribution >= 0.6 is 47.8 Å². The molecule has 0 bridgehead atoms. The number of carbonyl (C=O) groups is 1. The number of hydrogen-bond acceptors (Lipinski definition) is 2. The van der Waals surface area contributed by atoms with Crippen LogP contribution in [0, 0.1) is 0 Å². The van der Waals surface area contributed by atoms with Crippen molar-refractivity contribution in [2.45, 2.75) is 9.65 Å². The molecule has 0 amide bonds. The van der Waals surface area contributed by atoms with Crippen molar-refractivity contribution in [2.24, 2.45) is 0 Å². The molecule has 0 aliphatic carbocycles. The van der Waals surface area contributed by atoms with Gasteiger partial charge in [-0.05, 0) is 29.8 Å². The van der Waals surface area contributed by atoms with E-state index in [2.05, 4.69) is 47.8 Å². The maximum atomic E-state index is 12.4. The van der Waals surface area contributed by atoms with E-state index < -0.39 is 4.83 Å². The quantitative estimate of drug-likeness (QED) is 0.498. The van der Waals surface area contributed by atoms with Crippen LogP contribution in [-0.4, -0.2) is 15.7 Å². The lowest BCUT2D eigenvalue weighted by molar-refractivity contribution is 0.0988. The van der Waals surface area contributed by atoms with Crippen LogP contribution in [0.3, 0.4) is 0 Å². The molecule has 20 heavy (non-hydrogen) atoms. The number of alkyl halides is 2. The summed E-state index contributed by atoms with van der Waals surface area (Å²) in [7, 11) is 0. The molecule has 0 unspecified atom stereocenters. The summed E-state index contributed by atoms with van der Waals surface area (Å²) in [6, 6.07) is 14.3. The van der Waals surface area contributed by atoms with Crippen molar-refractivity contribution in [2.75, 3.05) is 0 Å². The first-order valence-electron chi connectivity index (χ1n) is 5.86. The summed E-state index contributed by atoms with van der Waals surface area (Å²) in [6.45, 7) is 0. The molecule has 0 aliphatic rings. The highest BCUT2D eigenvalue weighted by atomic mass is 79.9. The molecule has 0 radical (unpaired) electrons. The minimum atomic E-state index is -0.461. The predicted octanol–water partition coefficient (Wildman–Crippen LogP) is 5.24. The molecular weight excluding hydrogens is 452 g/mol. The second kappa shape index (κ2) is 6.87. The van der Waals surface area contributed by atoms with E-state index in [0.717, 1.165) is 10.0 Å². The molecule has 0 aromatic heterocycles. The average Bonchev–Trinajstić information content (AvgIpc) is 2.46. The molecule has 0 saturated carbocycles. The molecule has 2 atom stereocenters. The molecule has 2 rings (SSSR count). The zero-order chi connectivity index (χ0) is 14.7. The van der Waals surface area contributed by atoms with Crippen molar-refractivity contribution < 1.29 is 9.90 Å².